The maximum Gasteiger partial charge on any atom is 0.325 e. The first kappa shape index (κ1) is 15.2. The van der Waals surface area contributed by atoms with Crippen molar-refractivity contribution in [2.45, 2.75) is 31.8 Å². The van der Waals surface area contributed by atoms with Gasteiger partial charge in [0.1, 0.15) is 12.1 Å². The molecular weight excluding hydrogens is 228 g/mol. The Morgan fingerprint density at radius 2 is 1.94 bits per heavy atom. The molecule has 0 aliphatic heterocycles. The zero-order valence-electron chi connectivity index (χ0n) is 9.59. The molecule has 0 spiro atoms. The van der Waals surface area contributed by atoms with Gasteiger partial charge in [0, 0.05) is 6.54 Å². The number of aliphatic carboxylic acids is 2. The van der Waals surface area contributed by atoms with Gasteiger partial charge in [0.25, 0.3) is 0 Å². The minimum atomic E-state index is -1.06. The maximum absolute atomic E-state index is 10.5. The lowest BCUT2D eigenvalue weighted by Gasteiger charge is -2.09. The third-order valence-electron chi connectivity index (χ3n) is 2.01. The van der Waals surface area contributed by atoms with Gasteiger partial charge >= 0.3 is 11.9 Å². The molecular formula is C9H18N4O4. The molecule has 0 heterocycles. The van der Waals surface area contributed by atoms with Crippen LogP contribution in [0.3, 0.4) is 0 Å². The highest BCUT2D eigenvalue weighted by molar-refractivity contribution is 5.84. The zero-order chi connectivity index (χ0) is 13.4. The molecule has 0 aliphatic carbocycles. The molecule has 7 N–H and O–H groups in total. The highest BCUT2D eigenvalue weighted by Crippen LogP contribution is 1.95. The van der Waals surface area contributed by atoms with E-state index >= 15 is 0 Å². The summed E-state index contributed by atoms with van der Waals surface area (Å²) in [6, 6.07) is -1.72. The van der Waals surface area contributed by atoms with Gasteiger partial charge in [-0.1, -0.05) is 0 Å². The number of carbonyl (C=O) groups is 2. The smallest absolute Gasteiger partial charge is 0.325 e. The van der Waals surface area contributed by atoms with Gasteiger partial charge in [0.15, 0.2) is 5.96 Å². The van der Waals surface area contributed by atoms with Gasteiger partial charge in [0.2, 0.25) is 0 Å². The molecule has 0 saturated heterocycles. The van der Waals surface area contributed by atoms with Crippen LogP contribution in [0.15, 0.2) is 4.99 Å². The fraction of sp³-hybridized carbons (Fsp3) is 0.667. The number of carboxylic acid groups (broad SMARTS) is 2. The summed E-state index contributed by atoms with van der Waals surface area (Å²) < 4.78 is 0. The first-order valence-corrected chi connectivity index (χ1v) is 5.12. The van der Waals surface area contributed by atoms with E-state index in [1.807, 2.05) is 0 Å². The normalized spacial score (nSPS) is 15.1. The van der Waals surface area contributed by atoms with Crippen LogP contribution in [0.5, 0.6) is 0 Å². The number of aliphatic imine (C=N–C) groups is 1. The van der Waals surface area contributed by atoms with E-state index in [2.05, 4.69) is 10.3 Å². The number of nitrogens with one attached hydrogen (secondary N) is 1. The van der Waals surface area contributed by atoms with Crippen LogP contribution in [-0.2, 0) is 9.59 Å². The van der Waals surface area contributed by atoms with Crippen molar-refractivity contribution in [1.29, 1.82) is 0 Å². The summed E-state index contributed by atoms with van der Waals surface area (Å²) in [5, 5.41) is 19.6. The molecule has 0 aromatic heterocycles. The minimum Gasteiger partial charge on any atom is -0.480 e. The average molecular weight is 246 g/mol. The van der Waals surface area contributed by atoms with E-state index in [1.54, 1.807) is 0 Å². The van der Waals surface area contributed by atoms with E-state index in [9.17, 15) is 9.59 Å². The van der Waals surface area contributed by atoms with Crippen LogP contribution >= 0.6 is 0 Å². The van der Waals surface area contributed by atoms with Crippen molar-refractivity contribution in [2.75, 3.05) is 6.54 Å². The van der Waals surface area contributed by atoms with Crippen molar-refractivity contribution in [3.63, 3.8) is 0 Å². The van der Waals surface area contributed by atoms with Crippen molar-refractivity contribution in [3.8, 4) is 0 Å². The summed E-state index contributed by atoms with van der Waals surface area (Å²) in [5.41, 5.74) is 10.7. The van der Waals surface area contributed by atoms with Gasteiger partial charge in [-0.15, -0.1) is 0 Å². The Balaban J connectivity index is 3.85. The van der Waals surface area contributed by atoms with Gasteiger partial charge in [-0.3, -0.25) is 14.6 Å². The number of nitrogens with zero attached hydrogens (tertiary/aromatic N) is 1. The van der Waals surface area contributed by atoms with Crippen LogP contribution in [0.4, 0.5) is 0 Å². The predicted octanol–water partition coefficient (Wildman–Crippen LogP) is -1.44. The SMILES string of the molecule is CC(NC(N)=NCCCC(N)C(=O)O)C(=O)O. The lowest BCUT2D eigenvalue weighted by Crippen LogP contribution is -2.42. The summed E-state index contributed by atoms with van der Waals surface area (Å²) in [7, 11) is 0. The molecule has 2 unspecified atom stereocenters. The van der Waals surface area contributed by atoms with Crippen LogP contribution in [0.1, 0.15) is 19.8 Å². The van der Waals surface area contributed by atoms with Crippen molar-refractivity contribution < 1.29 is 19.8 Å². The van der Waals surface area contributed by atoms with E-state index in [4.69, 9.17) is 21.7 Å². The van der Waals surface area contributed by atoms with E-state index in [0.29, 0.717) is 19.4 Å². The third kappa shape index (κ3) is 7.12. The Morgan fingerprint density at radius 3 is 2.41 bits per heavy atom. The predicted molar refractivity (Wildman–Crippen MR) is 61.6 cm³/mol. The summed E-state index contributed by atoms with van der Waals surface area (Å²) >= 11 is 0. The van der Waals surface area contributed by atoms with Crippen molar-refractivity contribution in [1.82, 2.24) is 5.32 Å². The van der Waals surface area contributed by atoms with Gasteiger partial charge in [-0.25, -0.2) is 0 Å². The number of rotatable bonds is 7. The molecule has 0 aromatic carbocycles. The molecule has 0 amide bonds. The van der Waals surface area contributed by atoms with Crippen LogP contribution in [0.2, 0.25) is 0 Å². The van der Waals surface area contributed by atoms with Crippen LogP contribution in [0.25, 0.3) is 0 Å². The van der Waals surface area contributed by atoms with Crippen molar-refractivity contribution in [3.05, 3.63) is 0 Å². The first-order valence-electron chi connectivity index (χ1n) is 5.12. The zero-order valence-corrected chi connectivity index (χ0v) is 9.59. The molecule has 0 rings (SSSR count). The summed E-state index contributed by atoms with van der Waals surface area (Å²) in [6.45, 7) is 1.73. The summed E-state index contributed by atoms with van der Waals surface area (Å²) in [5.74, 6) is -2.07. The Hall–Kier alpha value is -1.83. The Labute approximate surface area is 98.7 Å². The third-order valence-corrected chi connectivity index (χ3v) is 2.01. The number of carboxylic acids is 2. The molecule has 17 heavy (non-hydrogen) atoms. The second-order valence-corrected chi connectivity index (χ2v) is 3.56. The lowest BCUT2D eigenvalue weighted by molar-refractivity contribution is -0.139. The van der Waals surface area contributed by atoms with E-state index in [1.165, 1.54) is 6.92 Å². The molecule has 0 fully saturated rings. The summed E-state index contributed by atoms with van der Waals surface area (Å²) in [6.07, 6.45) is 0.762. The highest BCUT2D eigenvalue weighted by atomic mass is 16.4. The maximum atomic E-state index is 10.5. The second kappa shape index (κ2) is 7.44. The van der Waals surface area contributed by atoms with Gasteiger partial charge in [0.05, 0.1) is 0 Å². The van der Waals surface area contributed by atoms with E-state index in [0.717, 1.165) is 0 Å². The number of guanidine groups is 1. The number of nitrogens with two attached hydrogens (primary N) is 2. The molecule has 98 valence electrons. The second-order valence-electron chi connectivity index (χ2n) is 3.56. The molecule has 8 heteroatoms. The molecule has 0 bridgehead atoms. The van der Waals surface area contributed by atoms with Crippen LogP contribution in [-0.4, -0.2) is 46.7 Å². The standard InChI is InChI=1S/C9H18N4O4/c1-5(7(14)15)13-9(11)12-4-2-3-6(10)8(16)17/h5-6H,2-4,10H2,1H3,(H,14,15)(H,16,17)(H3,11,12,13). The van der Waals surface area contributed by atoms with E-state index < -0.39 is 24.0 Å². The molecule has 0 saturated carbocycles. The Kier molecular flexibility index (Phi) is 6.64. The average Bonchev–Trinajstić information content (AvgIpc) is 2.23. The number of hydrogen-bond donors (Lipinski definition) is 5. The van der Waals surface area contributed by atoms with Crippen LogP contribution in [0, 0.1) is 0 Å². The van der Waals surface area contributed by atoms with Gasteiger partial charge in [-0.05, 0) is 19.8 Å². The minimum absolute atomic E-state index is 0.0174. The summed E-state index contributed by atoms with van der Waals surface area (Å²) in [4.78, 5) is 24.7. The van der Waals surface area contributed by atoms with Crippen LogP contribution < -0.4 is 16.8 Å². The topological polar surface area (TPSA) is 151 Å². The fourth-order valence-corrected chi connectivity index (χ4v) is 0.963. The fourth-order valence-electron chi connectivity index (χ4n) is 0.963. The van der Waals surface area contributed by atoms with E-state index in [-0.39, 0.29) is 5.96 Å². The van der Waals surface area contributed by atoms with Gasteiger partial charge in [-0.2, -0.15) is 0 Å². The Bertz CT molecular complexity index is 305. The Morgan fingerprint density at radius 1 is 1.35 bits per heavy atom. The van der Waals surface area contributed by atoms with Crippen molar-refractivity contribution in [2.24, 2.45) is 16.5 Å². The monoisotopic (exact) mass is 246 g/mol. The quantitative estimate of drug-likeness (QED) is 0.209. The molecule has 8 nitrogen and oxygen atoms in total. The van der Waals surface area contributed by atoms with Gasteiger partial charge < -0.3 is 27.0 Å². The van der Waals surface area contributed by atoms with Crippen molar-refractivity contribution >= 4 is 17.9 Å². The molecule has 2 atom stereocenters. The molecule has 0 aromatic rings. The largest absolute Gasteiger partial charge is 0.480 e. The highest BCUT2D eigenvalue weighted by Gasteiger charge is 2.11. The lowest BCUT2D eigenvalue weighted by atomic mass is 10.2. The molecule has 0 radical (unpaired) electrons. The number of hydrogen-bond acceptors (Lipinski definition) is 4. The first-order chi connectivity index (χ1) is 7.84. The molecule has 0 aliphatic rings.